The maximum Gasteiger partial charge on any atom is 0.101 e. The molecule has 0 aliphatic heterocycles. The average molecular weight is 230 g/mol. The molecule has 0 radical (unpaired) electrons. The minimum absolute atomic E-state index is 0.0122. The summed E-state index contributed by atoms with van der Waals surface area (Å²) in [5.74, 6) is 0. The van der Waals surface area contributed by atoms with Crippen LogP contribution in [0, 0.1) is 16.7 Å². The van der Waals surface area contributed by atoms with Gasteiger partial charge in [-0.1, -0.05) is 37.3 Å². The minimum Gasteiger partial charge on any atom is -0.394 e. The summed E-state index contributed by atoms with van der Waals surface area (Å²) >= 11 is 0. The molecule has 1 aromatic rings. The molecule has 1 aliphatic carbocycles. The first-order valence-electron chi connectivity index (χ1n) is 6.01. The van der Waals surface area contributed by atoms with Crippen molar-refractivity contribution in [3.63, 3.8) is 0 Å². The molecule has 1 aromatic carbocycles. The Bertz CT molecular complexity index is 406. The van der Waals surface area contributed by atoms with Crippen molar-refractivity contribution >= 4 is 0 Å². The zero-order chi connectivity index (χ0) is 12.3. The summed E-state index contributed by atoms with van der Waals surface area (Å²) in [6, 6.07) is 11.8. The van der Waals surface area contributed by atoms with Crippen molar-refractivity contribution in [2.45, 2.75) is 31.8 Å². The normalized spacial score (nSPS) is 20.3. The first kappa shape index (κ1) is 12.1. The lowest BCUT2D eigenvalue weighted by atomic mass is 9.98. The summed E-state index contributed by atoms with van der Waals surface area (Å²) in [7, 11) is 0. The number of aliphatic hydroxyl groups excluding tert-OH is 1. The lowest BCUT2D eigenvalue weighted by Gasteiger charge is -2.24. The van der Waals surface area contributed by atoms with E-state index in [2.05, 4.69) is 18.3 Å². The van der Waals surface area contributed by atoms with Crippen LogP contribution in [-0.4, -0.2) is 17.8 Å². The second-order valence-electron chi connectivity index (χ2n) is 5.03. The third kappa shape index (κ3) is 2.66. The SMILES string of the molecule is CC1(C(C#N)N[C@@H](CO)c2ccccc2)CC1. The van der Waals surface area contributed by atoms with Crippen LogP contribution >= 0.6 is 0 Å². The van der Waals surface area contributed by atoms with Gasteiger partial charge in [-0.05, 0) is 23.8 Å². The topological polar surface area (TPSA) is 56.0 Å². The van der Waals surface area contributed by atoms with E-state index in [0.717, 1.165) is 18.4 Å². The average Bonchev–Trinajstić information content (AvgIpc) is 3.11. The number of hydrogen-bond acceptors (Lipinski definition) is 3. The summed E-state index contributed by atoms with van der Waals surface area (Å²) in [6.45, 7) is 2.13. The van der Waals surface area contributed by atoms with E-state index < -0.39 is 0 Å². The minimum atomic E-state index is -0.181. The molecule has 1 saturated carbocycles. The summed E-state index contributed by atoms with van der Waals surface area (Å²) in [5.41, 5.74) is 1.12. The van der Waals surface area contributed by atoms with Crippen molar-refractivity contribution in [1.82, 2.24) is 5.32 Å². The van der Waals surface area contributed by atoms with Crippen LogP contribution in [0.5, 0.6) is 0 Å². The summed E-state index contributed by atoms with van der Waals surface area (Å²) in [4.78, 5) is 0. The summed E-state index contributed by atoms with van der Waals surface area (Å²) in [5, 5.41) is 21.9. The number of rotatable bonds is 5. The first-order chi connectivity index (χ1) is 8.19. The highest BCUT2D eigenvalue weighted by atomic mass is 16.3. The van der Waals surface area contributed by atoms with Gasteiger partial charge >= 0.3 is 0 Å². The van der Waals surface area contributed by atoms with Crippen molar-refractivity contribution in [2.75, 3.05) is 6.61 Å². The molecule has 1 fully saturated rings. The van der Waals surface area contributed by atoms with Crippen LogP contribution in [0.2, 0.25) is 0 Å². The van der Waals surface area contributed by atoms with Crippen LogP contribution in [0.4, 0.5) is 0 Å². The molecule has 0 aromatic heterocycles. The molecule has 0 saturated heterocycles. The van der Waals surface area contributed by atoms with Gasteiger partial charge in [0.2, 0.25) is 0 Å². The zero-order valence-electron chi connectivity index (χ0n) is 10.1. The molecule has 1 unspecified atom stereocenters. The number of nitriles is 1. The van der Waals surface area contributed by atoms with Gasteiger partial charge < -0.3 is 5.11 Å². The monoisotopic (exact) mass is 230 g/mol. The second-order valence-corrected chi connectivity index (χ2v) is 5.03. The maximum absolute atomic E-state index is 9.44. The van der Waals surface area contributed by atoms with Gasteiger partial charge in [0.05, 0.1) is 18.7 Å². The zero-order valence-corrected chi connectivity index (χ0v) is 10.1. The van der Waals surface area contributed by atoms with Crippen LogP contribution in [-0.2, 0) is 0 Å². The van der Waals surface area contributed by atoms with E-state index in [4.69, 9.17) is 0 Å². The Morgan fingerprint density at radius 1 is 1.41 bits per heavy atom. The Morgan fingerprint density at radius 3 is 2.53 bits per heavy atom. The Hall–Kier alpha value is -1.37. The van der Waals surface area contributed by atoms with Gasteiger partial charge in [0.1, 0.15) is 6.04 Å². The number of benzene rings is 1. The van der Waals surface area contributed by atoms with Crippen LogP contribution in [0.3, 0.4) is 0 Å². The number of nitrogens with zero attached hydrogens (tertiary/aromatic N) is 1. The molecule has 0 bridgehead atoms. The fourth-order valence-corrected chi connectivity index (χ4v) is 2.02. The highest BCUT2D eigenvalue weighted by Crippen LogP contribution is 2.48. The fourth-order valence-electron chi connectivity index (χ4n) is 2.02. The van der Waals surface area contributed by atoms with E-state index in [9.17, 15) is 10.4 Å². The smallest absolute Gasteiger partial charge is 0.101 e. The number of aliphatic hydroxyl groups is 1. The molecular weight excluding hydrogens is 212 g/mol. The van der Waals surface area contributed by atoms with E-state index in [1.807, 2.05) is 30.3 Å². The molecular formula is C14H18N2O. The van der Waals surface area contributed by atoms with Crippen LogP contribution in [0.25, 0.3) is 0 Å². The molecule has 17 heavy (non-hydrogen) atoms. The van der Waals surface area contributed by atoms with Crippen molar-refractivity contribution in [3.8, 4) is 6.07 Å². The van der Waals surface area contributed by atoms with Gasteiger partial charge in [-0.15, -0.1) is 0 Å². The van der Waals surface area contributed by atoms with E-state index in [1.54, 1.807) is 0 Å². The Labute approximate surface area is 102 Å². The van der Waals surface area contributed by atoms with Gasteiger partial charge in [0.25, 0.3) is 0 Å². The predicted molar refractivity (Wildman–Crippen MR) is 66.1 cm³/mol. The van der Waals surface area contributed by atoms with Crippen molar-refractivity contribution in [3.05, 3.63) is 35.9 Å². The summed E-state index contributed by atoms with van der Waals surface area (Å²) in [6.07, 6.45) is 2.18. The molecule has 2 rings (SSSR count). The lowest BCUT2D eigenvalue weighted by Crippen LogP contribution is -2.39. The fraction of sp³-hybridized carbons (Fsp3) is 0.500. The molecule has 2 N–H and O–H groups in total. The van der Waals surface area contributed by atoms with Gasteiger partial charge in [-0.2, -0.15) is 5.26 Å². The van der Waals surface area contributed by atoms with Crippen LogP contribution in [0.1, 0.15) is 31.4 Å². The Balaban J connectivity index is 2.08. The molecule has 0 amide bonds. The standard InChI is InChI=1S/C14H18N2O/c1-14(7-8-14)13(9-15)16-12(10-17)11-5-3-2-4-6-11/h2-6,12-13,16-17H,7-8,10H2,1H3/t12-,13?/m0/s1. The molecule has 0 heterocycles. The molecule has 3 nitrogen and oxygen atoms in total. The van der Waals surface area contributed by atoms with Crippen LogP contribution in [0.15, 0.2) is 30.3 Å². The summed E-state index contributed by atoms with van der Waals surface area (Å²) < 4.78 is 0. The molecule has 1 aliphatic rings. The highest BCUT2D eigenvalue weighted by molar-refractivity contribution is 5.21. The first-order valence-corrected chi connectivity index (χ1v) is 6.01. The van der Waals surface area contributed by atoms with E-state index in [0.29, 0.717) is 0 Å². The van der Waals surface area contributed by atoms with Gasteiger partial charge in [0.15, 0.2) is 0 Å². The van der Waals surface area contributed by atoms with E-state index in [1.165, 1.54) is 0 Å². The largest absolute Gasteiger partial charge is 0.394 e. The lowest BCUT2D eigenvalue weighted by molar-refractivity contribution is 0.227. The molecule has 0 spiro atoms. The molecule has 90 valence electrons. The highest BCUT2D eigenvalue weighted by Gasteiger charge is 2.45. The van der Waals surface area contributed by atoms with Gasteiger partial charge in [0, 0.05) is 0 Å². The maximum atomic E-state index is 9.44. The third-order valence-corrected chi connectivity index (χ3v) is 3.62. The van der Waals surface area contributed by atoms with E-state index in [-0.39, 0.29) is 24.1 Å². The van der Waals surface area contributed by atoms with Gasteiger partial charge in [-0.3, -0.25) is 5.32 Å². The predicted octanol–water partition coefficient (Wildman–Crippen LogP) is 2.00. The quantitative estimate of drug-likeness (QED) is 0.813. The second kappa shape index (κ2) is 4.87. The van der Waals surface area contributed by atoms with Crippen molar-refractivity contribution in [1.29, 1.82) is 5.26 Å². The Kier molecular flexibility index (Phi) is 3.46. The van der Waals surface area contributed by atoms with E-state index >= 15 is 0 Å². The number of nitrogens with one attached hydrogen (secondary N) is 1. The Morgan fingerprint density at radius 2 is 2.06 bits per heavy atom. The number of hydrogen-bond donors (Lipinski definition) is 2. The van der Waals surface area contributed by atoms with Crippen molar-refractivity contribution in [2.24, 2.45) is 5.41 Å². The van der Waals surface area contributed by atoms with Crippen molar-refractivity contribution < 1.29 is 5.11 Å². The third-order valence-electron chi connectivity index (χ3n) is 3.62. The van der Waals surface area contributed by atoms with Crippen LogP contribution < -0.4 is 5.32 Å². The molecule has 2 atom stereocenters. The molecule has 3 heteroatoms. The van der Waals surface area contributed by atoms with Gasteiger partial charge in [-0.25, -0.2) is 0 Å².